The topological polar surface area (TPSA) is 17.1 Å². The second kappa shape index (κ2) is 4.57. The van der Waals surface area contributed by atoms with Gasteiger partial charge in [-0.2, -0.15) is 24.5 Å². The summed E-state index contributed by atoms with van der Waals surface area (Å²) in [6, 6.07) is 4.27. The molecule has 1 heterocycles. The Hall–Kier alpha value is -1.62. The summed E-state index contributed by atoms with van der Waals surface area (Å²) >= 11 is 1.40. The van der Waals surface area contributed by atoms with E-state index < -0.39 is 11.7 Å². The number of aryl methyl sites for hydroxylation is 1. The average molecular weight is 270 g/mol. The van der Waals surface area contributed by atoms with Gasteiger partial charge in [0.1, 0.15) is 0 Å². The third kappa shape index (κ3) is 2.46. The number of halogens is 3. The number of carbonyl (C=O) groups excluding carboxylic acids is 1. The highest BCUT2D eigenvalue weighted by Crippen LogP contribution is 2.29. The minimum absolute atomic E-state index is 0.248. The number of alkyl halides is 3. The van der Waals surface area contributed by atoms with E-state index in [0.29, 0.717) is 5.56 Å². The predicted octanol–water partition coefficient (Wildman–Crippen LogP) is 4.31. The molecule has 1 nitrogen and oxygen atoms in total. The lowest BCUT2D eigenvalue weighted by Crippen LogP contribution is -2.06. The van der Waals surface area contributed by atoms with Gasteiger partial charge in [-0.25, -0.2) is 0 Å². The Kier molecular flexibility index (Phi) is 3.26. The monoisotopic (exact) mass is 270 g/mol. The van der Waals surface area contributed by atoms with E-state index in [1.165, 1.54) is 23.5 Å². The molecule has 0 spiro atoms. The quantitative estimate of drug-likeness (QED) is 0.743. The van der Waals surface area contributed by atoms with Gasteiger partial charge in [0, 0.05) is 16.5 Å². The Morgan fingerprint density at radius 3 is 2.17 bits per heavy atom. The van der Waals surface area contributed by atoms with Crippen LogP contribution in [0, 0.1) is 6.92 Å². The summed E-state index contributed by atoms with van der Waals surface area (Å²) in [5, 5.41) is 3.53. The highest BCUT2D eigenvalue weighted by molar-refractivity contribution is 7.08. The van der Waals surface area contributed by atoms with Crippen molar-refractivity contribution in [2.75, 3.05) is 0 Å². The molecule has 0 aliphatic heterocycles. The van der Waals surface area contributed by atoms with Crippen LogP contribution in [0.3, 0.4) is 0 Å². The number of carbonyl (C=O) groups is 1. The highest BCUT2D eigenvalue weighted by Gasteiger charge is 2.30. The number of ketones is 1. The minimum atomic E-state index is -4.38. The number of thiophene rings is 1. The van der Waals surface area contributed by atoms with Crippen molar-refractivity contribution in [1.82, 2.24) is 0 Å². The van der Waals surface area contributed by atoms with E-state index in [1.54, 1.807) is 12.3 Å². The molecule has 18 heavy (non-hydrogen) atoms. The van der Waals surface area contributed by atoms with Crippen molar-refractivity contribution in [2.24, 2.45) is 0 Å². The molecule has 0 amide bonds. The fourth-order valence-corrected chi connectivity index (χ4v) is 2.39. The molecule has 0 unspecified atom stereocenters. The van der Waals surface area contributed by atoms with Crippen LogP contribution in [0.4, 0.5) is 13.2 Å². The summed E-state index contributed by atoms with van der Waals surface area (Å²) in [5.74, 6) is -0.248. The minimum Gasteiger partial charge on any atom is -0.289 e. The SMILES string of the molecule is Cc1cscc1C(=O)c1ccc(C(F)(F)F)cc1. The molecule has 0 radical (unpaired) electrons. The van der Waals surface area contributed by atoms with Crippen LogP contribution < -0.4 is 0 Å². The average Bonchev–Trinajstić information content (AvgIpc) is 2.73. The van der Waals surface area contributed by atoms with E-state index in [-0.39, 0.29) is 11.3 Å². The molecule has 1 aromatic carbocycles. The molecule has 0 N–H and O–H groups in total. The second-order valence-electron chi connectivity index (χ2n) is 3.87. The molecule has 2 rings (SSSR count). The van der Waals surface area contributed by atoms with E-state index in [2.05, 4.69) is 0 Å². The van der Waals surface area contributed by atoms with Crippen LogP contribution in [0.15, 0.2) is 35.0 Å². The maximum atomic E-state index is 12.4. The summed E-state index contributed by atoms with van der Waals surface area (Å²) in [5.41, 5.74) is 0.898. The Balaban J connectivity index is 2.31. The molecule has 94 valence electrons. The molecular formula is C13H9F3OS. The van der Waals surface area contributed by atoms with Gasteiger partial charge < -0.3 is 0 Å². The number of hydrogen-bond acceptors (Lipinski definition) is 2. The first-order valence-corrected chi connectivity index (χ1v) is 6.08. The second-order valence-corrected chi connectivity index (χ2v) is 4.62. The van der Waals surface area contributed by atoms with Gasteiger partial charge in [0.15, 0.2) is 5.78 Å². The van der Waals surface area contributed by atoms with E-state index in [0.717, 1.165) is 17.7 Å². The van der Waals surface area contributed by atoms with Crippen molar-refractivity contribution in [3.8, 4) is 0 Å². The van der Waals surface area contributed by atoms with Crippen LogP contribution in [0.5, 0.6) is 0 Å². The Morgan fingerprint density at radius 2 is 1.72 bits per heavy atom. The van der Waals surface area contributed by atoms with Gasteiger partial charge >= 0.3 is 6.18 Å². The van der Waals surface area contributed by atoms with Crippen molar-refractivity contribution in [3.63, 3.8) is 0 Å². The summed E-state index contributed by atoms with van der Waals surface area (Å²) in [6.07, 6.45) is -4.38. The van der Waals surface area contributed by atoms with Crippen LogP contribution >= 0.6 is 11.3 Å². The smallest absolute Gasteiger partial charge is 0.289 e. The first-order chi connectivity index (χ1) is 8.39. The molecule has 0 aliphatic carbocycles. The van der Waals surface area contributed by atoms with Crippen molar-refractivity contribution >= 4 is 17.1 Å². The first-order valence-electron chi connectivity index (χ1n) is 5.14. The molecule has 1 aromatic heterocycles. The standard InChI is InChI=1S/C13H9F3OS/c1-8-6-18-7-11(8)12(17)9-2-4-10(5-3-9)13(14,15)16/h2-7H,1H3. The van der Waals surface area contributed by atoms with Crippen molar-refractivity contribution in [1.29, 1.82) is 0 Å². The molecule has 0 saturated carbocycles. The van der Waals surface area contributed by atoms with Gasteiger partial charge in [-0.05, 0) is 30.0 Å². The van der Waals surface area contributed by atoms with Gasteiger partial charge in [-0.1, -0.05) is 12.1 Å². The molecule has 2 aromatic rings. The number of benzene rings is 1. The van der Waals surface area contributed by atoms with Gasteiger partial charge in [-0.15, -0.1) is 0 Å². The van der Waals surface area contributed by atoms with Crippen LogP contribution in [-0.2, 0) is 6.18 Å². The van der Waals surface area contributed by atoms with Gasteiger partial charge in [0.25, 0.3) is 0 Å². The molecule has 0 aliphatic rings. The fourth-order valence-electron chi connectivity index (χ4n) is 1.56. The molecule has 0 bridgehead atoms. The van der Waals surface area contributed by atoms with Crippen LogP contribution in [0.25, 0.3) is 0 Å². The molecule has 0 atom stereocenters. The highest BCUT2D eigenvalue weighted by atomic mass is 32.1. The van der Waals surface area contributed by atoms with E-state index in [9.17, 15) is 18.0 Å². The van der Waals surface area contributed by atoms with Crippen molar-refractivity contribution < 1.29 is 18.0 Å². The first kappa shape index (κ1) is 12.8. The lowest BCUT2D eigenvalue weighted by molar-refractivity contribution is -0.137. The van der Waals surface area contributed by atoms with E-state index >= 15 is 0 Å². The summed E-state index contributed by atoms with van der Waals surface area (Å²) in [7, 11) is 0. The third-order valence-corrected chi connectivity index (χ3v) is 3.44. The Morgan fingerprint density at radius 1 is 1.11 bits per heavy atom. The van der Waals surface area contributed by atoms with Gasteiger partial charge in [0.05, 0.1) is 5.56 Å². The van der Waals surface area contributed by atoms with Crippen LogP contribution in [0.1, 0.15) is 27.0 Å². The zero-order valence-electron chi connectivity index (χ0n) is 9.41. The van der Waals surface area contributed by atoms with Gasteiger partial charge in [0.2, 0.25) is 0 Å². The summed E-state index contributed by atoms with van der Waals surface area (Å²) < 4.78 is 37.1. The van der Waals surface area contributed by atoms with Crippen molar-refractivity contribution in [2.45, 2.75) is 13.1 Å². The van der Waals surface area contributed by atoms with Crippen LogP contribution in [-0.4, -0.2) is 5.78 Å². The molecule has 5 heteroatoms. The van der Waals surface area contributed by atoms with Crippen LogP contribution in [0.2, 0.25) is 0 Å². The van der Waals surface area contributed by atoms with E-state index in [4.69, 9.17) is 0 Å². The summed E-state index contributed by atoms with van der Waals surface area (Å²) in [6.45, 7) is 1.80. The molecular weight excluding hydrogens is 261 g/mol. The third-order valence-electron chi connectivity index (χ3n) is 2.57. The molecule has 0 fully saturated rings. The van der Waals surface area contributed by atoms with Gasteiger partial charge in [-0.3, -0.25) is 4.79 Å². The lowest BCUT2D eigenvalue weighted by Gasteiger charge is -2.07. The zero-order chi connectivity index (χ0) is 13.3. The van der Waals surface area contributed by atoms with E-state index in [1.807, 2.05) is 5.38 Å². The zero-order valence-corrected chi connectivity index (χ0v) is 10.2. The molecule has 0 saturated heterocycles. The fraction of sp³-hybridized carbons (Fsp3) is 0.154. The summed E-state index contributed by atoms with van der Waals surface area (Å²) in [4.78, 5) is 12.0. The Labute approximate surface area is 106 Å². The Bertz CT molecular complexity index is 567. The lowest BCUT2D eigenvalue weighted by atomic mass is 10.0. The maximum Gasteiger partial charge on any atom is 0.416 e. The normalized spacial score (nSPS) is 11.6. The number of hydrogen-bond donors (Lipinski definition) is 0. The predicted molar refractivity (Wildman–Crippen MR) is 63.9 cm³/mol. The largest absolute Gasteiger partial charge is 0.416 e. The maximum absolute atomic E-state index is 12.4. The number of rotatable bonds is 2. The van der Waals surface area contributed by atoms with Crippen molar-refractivity contribution in [3.05, 3.63) is 57.3 Å².